The van der Waals surface area contributed by atoms with E-state index in [0.717, 1.165) is 17.7 Å². The number of thioether (sulfide) groups is 1. The molecule has 0 saturated carbocycles. The van der Waals surface area contributed by atoms with Crippen molar-refractivity contribution < 1.29 is 9.21 Å². The molecule has 2 N–H and O–H groups in total. The maximum Gasteiger partial charge on any atom is 0.256 e. The predicted octanol–water partition coefficient (Wildman–Crippen LogP) is 2.37. The molecule has 1 amide bonds. The van der Waals surface area contributed by atoms with E-state index >= 15 is 0 Å². The Kier molecular flexibility index (Phi) is 4.31. The Morgan fingerprint density at radius 3 is 3.00 bits per heavy atom. The molecule has 6 heteroatoms. The van der Waals surface area contributed by atoms with Gasteiger partial charge in [0.25, 0.3) is 5.22 Å². The van der Waals surface area contributed by atoms with Crippen LogP contribution in [0.5, 0.6) is 0 Å². The van der Waals surface area contributed by atoms with E-state index in [1.165, 1.54) is 11.8 Å². The van der Waals surface area contributed by atoms with Gasteiger partial charge in [0.05, 0.1) is 0 Å². The lowest BCUT2D eigenvalue weighted by Gasteiger charge is -2.08. The molecule has 1 aromatic carbocycles. The first-order valence-electron chi connectivity index (χ1n) is 6.05. The smallest absolute Gasteiger partial charge is 0.256 e. The van der Waals surface area contributed by atoms with Crippen LogP contribution in [0.15, 0.2) is 27.8 Å². The summed E-state index contributed by atoms with van der Waals surface area (Å²) in [6.07, 6.45) is 1.36. The Morgan fingerprint density at radius 1 is 1.47 bits per heavy atom. The van der Waals surface area contributed by atoms with Gasteiger partial charge in [-0.25, -0.2) is 4.98 Å². The summed E-state index contributed by atoms with van der Waals surface area (Å²) in [7, 11) is 3.53. The van der Waals surface area contributed by atoms with Crippen LogP contribution in [0.2, 0.25) is 0 Å². The molecule has 0 unspecified atom stereocenters. The number of amides is 1. The minimum Gasteiger partial charge on any atom is -0.431 e. The van der Waals surface area contributed by atoms with Gasteiger partial charge in [-0.3, -0.25) is 4.79 Å². The van der Waals surface area contributed by atoms with E-state index in [-0.39, 0.29) is 5.91 Å². The normalized spacial score (nSPS) is 10.8. The van der Waals surface area contributed by atoms with Gasteiger partial charge in [-0.05, 0) is 18.6 Å². The molecule has 0 aliphatic rings. The average Bonchev–Trinajstić information content (AvgIpc) is 2.75. The summed E-state index contributed by atoms with van der Waals surface area (Å²) in [5.41, 5.74) is 7.85. The van der Waals surface area contributed by atoms with E-state index in [2.05, 4.69) is 4.98 Å². The first-order chi connectivity index (χ1) is 9.06. The maximum absolute atomic E-state index is 11.4. The monoisotopic (exact) mass is 279 g/mol. The van der Waals surface area contributed by atoms with Crippen LogP contribution in [0.1, 0.15) is 12.8 Å². The Morgan fingerprint density at radius 2 is 2.26 bits per heavy atom. The second kappa shape index (κ2) is 5.97. The van der Waals surface area contributed by atoms with Crippen LogP contribution in [-0.4, -0.2) is 35.6 Å². The van der Waals surface area contributed by atoms with Gasteiger partial charge in [-0.15, -0.1) is 0 Å². The minimum atomic E-state index is 0.144. The zero-order valence-corrected chi connectivity index (χ0v) is 11.9. The third-order valence-corrected chi connectivity index (χ3v) is 3.57. The molecular weight excluding hydrogens is 262 g/mol. The summed E-state index contributed by atoms with van der Waals surface area (Å²) >= 11 is 1.52. The van der Waals surface area contributed by atoms with Gasteiger partial charge in [0.1, 0.15) is 5.52 Å². The molecule has 1 aromatic heterocycles. The minimum absolute atomic E-state index is 0.144. The summed E-state index contributed by atoms with van der Waals surface area (Å²) in [5, 5.41) is 0.623. The summed E-state index contributed by atoms with van der Waals surface area (Å²) in [6, 6.07) is 5.41. The van der Waals surface area contributed by atoms with Crippen molar-refractivity contribution in [1.29, 1.82) is 0 Å². The number of hydrogen-bond acceptors (Lipinski definition) is 5. The molecule has 102 valence electrons. The number of nitrogen functional groups attached to an aromatic ring is 1. The first-order valence-corrected chi connectivity index (χ1v) is 7.04. The molecule has 0 radical (unpaired) electrons. The van der Waals surface area contributed by atoms with Gasteiger partial charge in [0.2, 0.25) is 5.91 Å². The highest BCUT2D eigenvalue weighted by Gasteiger charge is 2.08. The average molecular weight is 279 g/mol. The van der Waals surface area contributed by atoms with Crippen molar-refractivity contribution >= 4 is 34.5 Å². The van der Waals surface area contributed by atoms with Gasteiger partial charge in [-0.1, -0.05) is 11.8 Å². The molecule has 0 aliphatic carbocycles. The number of aromatic nitrogens is 1. The summed E-state index contributed by atoms with van der Waals surface area (Å²) in [5.74, 6) is 0.952. The highest BCUT2D eigenvalue weighted by molar-refractivity contribution is 7.99. The quantitative estimate of drug-likeness (QED) is 0.517. The fraction of sp³-hybridized carbons (Fsp3) is 0.385. The van der Waals surface area contributed by atoms with Crippen molar-refractivity contribution in [1.82, 2.24) is 9.88 Å². The van der Waals surface area contributed by atoms with E-state index < -0.39 is 0 Å². The van der Waals surface area contributed by atoms with Crippen molar-refractivity contribution in [2.45, 2.75) is 18.1 Å². The number of benzene rings is 1. The fourth-order valence-corrected chi connectivity index (χ4v) is 2.36. The number of anilines is 1. The maximum atomic E-state index is 11.4. The second-order valence-electron chi connectivity index (χ2n) is 4.45. The lowest BCUT2D eigenvalue weighted by Crippen LogP contribution is -2.21. The molecule has 0 spiro atoms. The number of oxazole rings is 1. The van der Waals surface area contributed by atoms with Gasteiger partial charge >= 0.3 is 0 Å². The van der Waals surface area contributed by atoms with Gasteiger partial charge in [0.15, 0.2) is 5.58 Å². The summed E-state index contributed by atoms with van der Waals surface area (Å²) < 4.78 is 5.58. The third kappa shape index (κ3) is 3.64. The first kappa shape index (κ1) is 13.7. The molecule has 5 nitrogen and oxygen atoms in total. The van der Waals surface area contributed by atoms with Crippen molar-refractivity contribution in [3.63, 3.8) is 0 Å². The molecule has 0 atom stereocenters. The fourth-order valence-electron chi connectivity index (χ4n) is 1.59. The Hall–Kier alpha value is -1.69. The predicted molar refractivity (Wildman–Crippen MR) is 77.1 cm³/mol. The number of hydrogen-bond donors (Lipinski definition) is 1. The Labute approximate surface area is 116 Å². The van der Waals surface area contributed by atoms with Crippen LogP contribution < -0.4 is 5.73 Å². The molecule has 0 fully saturated rings. The molecule has 0 saturated heterocycles. The standard InChI is InChI=1S/C13H17N3O2S/c1-16(2)12(17)4-3-7-19-13-15-10-6-5-9(14)8-11(10)18-13/h5-6,8H,3-4,7,14H2,1-2H3. The van der Waals surface area contributed by atoms with Crippen molar-refractivity contribution in [3.05, 3.63) is 18.2 Å². The Bertz CT molecular complexity index is 580. The zero-order chi connectivity index (χ0) is 13.8. The topological polar surface area (TPSA) is 72.4 Å². The number of nitrogens with zero attached hydrogens (tertiary/aromatic N) is 2. The molecule has 2 aromatic rings. The molecule has 19 heavy (non-hydrogen) atoms. The van der Waals surface area contributed by atoms with Crippen LogP contribution in [0.3, 0.4) is 0 Å². The molecule has 1 heterocycles. The lowest BCUT2D eigenvalue weighted by molar-refractivity contribution is -0.128. The van der Waals surface area contributed by atoms with E-state index in [4.69, 9.17) is 10.2 Å². The zero-order valence-electron chi connectivity index (χ0n) is 11.0. The highest BCUT2D eigenvalue weighted by Crippen LogP contribution is 2.25. The SMILES string of the molecule is CN(C)C(=O)CCCSc1nc2ccc(N)cc2o1. The summed E-state index contributed by atoms with van der Waals surface area (Å²) in [4.78, 5) is 17.4. The molecule has 0 aliphatic heterocycles. The number of fused-ring (bicyclic) bond motifs is 1. The summed E-state index contributed by atoms with van der Waals surface area (Å²) in [6.45, 7) is 0. The third-order valence-electron chi connectivity index (χ3n) is 2.65. The molecule has 2 rings (SSSR count). The van der Waals surface area contributed by atoms with Gasteiger partial charge in [-0.2, -0.15) is 0 Å². The van der Waals surface area contributed by atoms with Crippen LogP contribution in [0.4, 0.5) is 5.69 Å². The van der Waals surface area contributed by atoms with Gasteiger partial charge in [0, 0.05) is 38.0 Å². The molecular formula is C13H17N3O2S. The molecule has 0 bridgehead atoms. The van der Waals surface area contributed by atoms with Crippen molar-refractivity contribution in [3.8, 4) is 0 Å². The Balaban J connectivity index is 1.86. The van der Waals surface area contributed by atoms with Crippen LogP contribution >= 0.6 is 11.8 Å². The number of rotatable bonds is 5. The van der Waals surface area contributed by atoms with Crippen LogP contribution in [-0.2, 0) is 4.79 Å². The van der Waals surface area contributed by atoms with Crippen molar-refractivity contribution in [2.24, 2.45) is 0 Å². The second-order valence-corrected chi connectivity index (χ2v) is 5.49. The van der Waals surface area contributed by atoms with E-state index in [1.54, 1.807) is 31.1 Å². The van der Waals surface area contributed by atoms with Crippen LogP contribution in [0, 0.1) is 0 Å². The van der Waals surface area contributed by atoms with E-state index in [9.17, 15) is 4.79 Å². The number of carbonyl (C=O) groups excluding carboxylic acids is 1. The highest BCUT2D eigenvalue weighted by atomic mass is 32.2. The van der Waals surface area contributed by atoms with Crippen molar-refractivity contribution in [2.75, 3.05) is 25.6 Å². The van der Waals surface area contributed by atoms with E-state index in [0.29, 0.717) is 22.9 Å². The van der Waals surface area contributed by atoms with Gasteiger partial charge < -0.3 is 15.1 Å². The largest absolute Gasteiger partial charge is 0.431 e. The lowest BCUT2D eigenvalue weighted by atomic mass is 10.3. The van der Waals surface area contributed by atoms with E-state index in [1.807, 2.05) is 6.07 Å². The number of carbonyl (C=O) groups is 1. The van der Waals surface area contributed by atoms with Crippen LogP contribution in [0.25, 0.3) is 11.1 Å². The number of nitrogens with two attached hydrogens (primary N) is 1.